The number of aromatic nitrogens is 4. The Labute approximate surface area is 197 Å². The fraction of sp³-hybridized carbons (Fsp3) is 0.688. The number of anilines is 1. The fourth-order valence-electron chi connectivity index (χ4n) is 3.84. The molecule has 1 saturated carbocycles. The lowest BCUT2D eigenvalue weighted by Gasteiger charge is -2.18. The molecule has 5 atom stereocenters. The van der Waals surface area contributed by atoms with E-state index in [0.29, 0.717) is 5.39 Å². The summed E-state index contributed by atoms with van der Waals surface area (Å²) in [6.45, 7) is -0.723. The predicted molar refractivity (Wildman–Crippen MR) is 116 cm³/mol. The number of fused-ring (bicyclic) bond motifs is 1. The lowest BCUT2D eigenvalue weighted by Crippen LogP contribution is -2.33. The Bertz CT molecular complexity index is 1130. The molecule has 2 aromatic heterocycles. The number of nitrogens with one attached hydrogen (secondary N) is 1. The van der Waals surface area contributed by atoms with E-state index in [1.807, 2.05) is 0 Å². The molecule has 1 aliphatic heterocycles. The third-order valence-electron chi connectivity index (χ3n) is 5.43. The van der Waals surface area contributed by atoms with Gasteiger partial charge in [0.25, 0.3) is 0 Å². The summed E-state index contributed by atoms with van der Waals surface area (Å²) in [6.07, 6.45) is -0.329. The van der Waals surface area contributed by atoms with Gasteiger partial charge in [-0.25, -0.2) is 10.2 Å². The SMILES string of the molecule is O=P(O)(O)CP(=O)(O)OCC1O[C@@H](n2ncc3c(NOC4CCCC4)nc(Cl)nc32)[C@H](O)[C@@H]1O. The molecule has 2 fully saturated rings. The molecule has 34 heavy (non-hydrogen) atoms. The van der Waals surface area contributed by atoms with Crippen molar-refractivity contribution in [2.75, 3.05) is 18.0 Å². The molecule has 3 heterocycles. The first kappa shape index (κ1) is 25.9. The molecule has 0 amide bonds. The standard InChI is InChI=1S/C16H24ClN5O10P2/c17-16-19-13(21-32-8-3-1-2-4-8)9-5-18-22(14(9)20-16)15-12(24)11(23)10(31-15)6-30-34(28,29)7-33(25,26)27/h5,8,10-12,15,23-24H,1-4,6-7H2,(H,28,29)(H,19,20,21)(H2,25,26,27)/t10?,11-,12-,15-/m1/s1. The van der Waals surface area contributed by atoms with Gasteiger partial charge in [-0.1, -0.05) is 12.8 Å². The lowest BCUT2D eigenvalue weighted by atomic mass is 10.1. The molecule has 0 radical (unpaired) electrons. The smallest absolute Gasteiger partial charge is 0.340 e. The highest BCUT2D eigenvalue weighted by atomic mass is 35.5. The summed E-state index contributed by atoms with van der Waals surface area (Å²) < 4.78 is 34.3. The Balaban J connectivity index is 1.50. The molecule has 190 valence electrons. The molecule has 2 unspecified atom stereocenters. The summed E-state index contributed by atoms with van der Waals surface area (Å²) >= 11 is 6.05. The maximum absolute atomic E-state index is 11.9. The zero-order valence-electron chi connectivity index (χ0n) is 17.5. The van der Waals surface area contributed by atoms with Gasteiger partial charge in [0.2, 0.25) is 5.28 Å². The van der Waals surface area contributed by atoms with Gasteiger partial charge in [-0.3, -0.25) is 14.0 Å². The zero-order chi connectivity index (χ0) is 24.7. The van der Waals surface area contributed by atoms with Crippen molar-refractivity contribution in [3.63, 3.8) is 0 Å². The van der Waals surface area contributed by atoms with E-state index in [0.717, 1.165) is 30.4 Å². The van der Waals surface area contributed by atoms with Gasteiger partial charge in [0.05, 0.1) is 24.3 Å². The van der Waals surface area contributed by atoms with Crippen LogP contribution in [0.2, 0.25) is 5.28 Å². The van der Waals surface area contributed by atoms with Crippen molar-refractivity contribution in [3.8, 4) is 0 Å². The number of ether oxygens (including phenoxy) is 1. The van der Waals surface area contributed by atoms with E-state index in [1.54, 1.807) is 0 Å². The van der Waals surface area contributed by atoms with Gasteiger partial charge in [-0.05, 0) is 24.4 Å². The lowest BCUT2D eigenvalue weighted by molar-refractivity contribution is -0.0541. The van der Waals surface area contributed by atoms with Gasteiger partial charge < -0.3 is 34.2 Å². The van der Waals surface area contributed by atoms with Crippen LogP contribution in [0.15, 0.2) is 6.20 Å². The van der Waals surface area contributed by atoms with Crippen LogP contribution >= 0.6 is 26.8 Å². The van der Waals surface area contributed by atoms with Crippen molar-refractivity contribution < 1.29 is 48.1 Å². The van der Waals surface area contributed by atoms with Gasteiger partial charge in [-0.2, -0.15) is 15.1 Å². The second-order valence-electron chi connectivity index (χ2n) is 8.08. The maximum atomic E-state index is 11.9. The quantitative estimate of drug-likeness (QED) is 0.146. The van der Waals surface area contributed by atoms with E-state index in [1.165, 1.54) is 6.20 Å². The maximum Gasteiger partial charge on any atom is 0.340 e. The Hall–Kier alpha value is -1.22. The van der Waals surface area contributed by atoms with Crippen molar-refractivity contribution >= 4 is 43.6 Å². The van der Waals surface area contributed by atoms with Crippen LogP contribution < -0.4 is 5.48 Å². The first-order valence-corrected chi connectivity index (χ1v) is 14.2. The van der Waals surface area contributed by atoms with Crippen LogP contribution in [-0.4, -0.2) is 81.6 Å². The molecule has 0 aromatic carbocycles. The number of nitrogens with zero attached hydrogens (tertiary/aromatic N) is 4. The van der Waals surface area contributed by atoms with E-state index in [-0.39, 0.29) is 22.9 Å². The van der Waals surface area contributed by atoms with Crippen LogP contribution in [0.1, 0.15) is 31.9 Å². The molecule has 0 bridgehead atoms. The third-order valence-corrected chi connectivity index (χ3v) is 9.06. The van der Waals surface area contributed by atoms with Crippen molar-refractivity contribution in [2.24, 2.45) is 0 Å². The van der Waals surface area contributed by atoms with Crippen molar-refractivity contribution in [1.29, 1.82) is 0 Å². The summed E-state index contributed by atoms with van der Waals surface area (Å²) in [5.74, 6) is -1.15. The Morgan fingerprint density at radius 2 is 1.88 bits per heavy atom. The van der Waals surface area contributed by atoms with E-state index in [4.69, 9.17) is 35.5 Å². The van der Waals surface area contributed by atoms with E-state index < -0.39 is 52.2 Å². The Morgan fingerprint density at radius 3 is 2.56 bits per heavy atom. The zero-order valence-corrected chi connectivity index (χ0v) is 20.1. The van der Waals surface area contributed by atoms with Crippen LogP contribution in [0.25, 0.3) is 11.0 Å². The van der Waals surface area contributed by atoms with Gasteiger partial charge in [-0.15, -0.1) is 0 Å². The van der Waals surface area contributed by atoms with E-state index in [9.17, 15) is 24.2 Å². The van der Waals surface area contributed by atoms with Crippen molar-refractivity contribution in [3.05, 3.63) is 11.5 Å². The number of hydrogen-bond donors (Lipinski definition) is 6. The van der Waals surface area contributed by atoms with Gasteiger partial charge in [0.1, 0.15) is 18.3 Å². The molecule has 1 saturated heterocycles. The molecule has 1 aliphatic carbocycles. The van der Waals surface area contributed by atoms with Crippen LogP contribution in [0.5, 0.6) is 0 Å². The van der Waals surface area contributed by atoms with Crippen LogP contribution in [-0.2, 0) is 23.2 Å². The largest absolute Gasteiger partial charge is 0.387 e. The molecule has 0 spiro atoms. The summed E-state index contributed by atoms with van der Waals surface area (Å²) in [7, 11) is -9.51. The highest BCUT2D eigenvalue weighted by Gasteiger charge is 2.46. The number of aliphatic hydroxyl groups is 2. The molecule has 4 rings (SSSR count). The molecule has 2 aliphatic rings. The van der Waals surface area contributed by atoms with Crippen LogP contribution in [0.3, 0.4) is 0 Å². The fourth-order valence-corrected chi connectivity index (χ4v) is 6.57. The van der Waals surface area contributed by atoms with Crippen molar-refractivity contribution in [1.82, 2.24) is 19.7 Å². The average molecular weight is 544 g/mol. The Morgan fingerprint density at radius 1 is 1.18 bits per heavy atom. The summed E-state index contributed by atoms with van der Waals surface area (Å²) in [5, 5.41) is 25.2. The van der Waals surface area contributed by atoms with Crippen LogP contribution in [0, 0.1) is 0 Å². The topological polar surface area (TPSA) is 219 Å². The number of halogens is 1. The highest BCUT2D eigenvalue weighted by molar-refractivity contribution is 7.70. The van der Waals surface area contributed by atoms with E-state index >= 15 is 0 Å². The normalized spacial score (nSPS) is 27.9. The molecule has 15 nitrogen and oxygen atoms in total. The predicted octanol–water partition coefficient (Wildman–Crippen LogP) is 0.722. The summed E-state index contributed by atoms with van der Waals surface area (Å²) in [6, 6.07) is 0. The minimum absolute atomic E-state index is 0.0304. The summed E-state index contributed by atoms with van der Waals surface area (Å²) in [4.78, 5) is 41.3. The van der Waals surface area contributed by atoms with Crippen LogP contribution in [0.4, 0.5) is 5.82 Å². The molecular weight excluding hydrogens is 520 g/mol. The number of hydrogen-bond acceptors (Lipinski definition) is 11. The number of aliphatic hydroxyl groups excluding tert-OH is 2. The highest BCUT2D eigenvalue weighted by Crippen LogP contribution is 2.55. The minimum atomic E-state index is -4.83. The molecule has 18 heteroatoms. The molecular formula is C16H24ClN5O10P2. The average Bonchev–Trinajstić information content (AvgIpc) is 3.44. The third kappa shape index (κ3) is 5.94. The summed E-state index contributed by atoms with van der Waals surface area (Å²) in [5.41, 5.74) is 2.93. The van der Waals surface area contributed by atoms with Gasteiger partial charge >= 0.3 is 15.2 Å². The second-order valence-corrected chi connectivity index (χ2v) is 12.4. The molecule has 2 aromatic rings. The first-order valence-electron chi connectivity index (χ1n) is 10.3. The van der Waals surface area contributed by atoms with Gasteiger partial charge in [0.15, 0.2) is 23.6 Å². The first-order chi connectivity index (χ1) is 15.9. The van der Waals surface area contributed by atoms with Crippen molar-refractivity contribution in [2.45, 2.75) is 56.3 Å². The minimum Gasteiger partial charge on any atom is -0.387 e. The monoisotopic (exact) mass is 543 g/mol. The van der Waals surface area contributed by atoms with E-state index in [2.05, 4.69) is 20.5 Å². The second kappa shape index (κ2) is 10.0. The van der Waals surface area contributed by atoms with Gasteiger partial charge in [0, 0.05) is 0 Å². The Kier molecular flexibility index (Phi) is 7.63. The number of rotatable bonds is 9. The molecule has 6 N–H and O–H groups in total.